The van der Waals surface area contributed by atoms with E-state index in [9.17, 15) is 9.59 Å². The third-order valence-electron chi connectivity index (χ3n) is 5.37. The summed E-state index contributed by atoms with van der Waals surface area (Å²) in [5.74, 6) is 0.770. The SMILES string of the molecule is CC(N)c1nc2cccc(OCC(=O)N3CCCCC3)c2c(=O)n1-c1ccccc1. The fourth-order valence-corrected chi connectivity index (χ4v) is 3.84. The molecule has 1 saturated heterocycles. The van der Waals surface area contributed by atoms with Crippen molar-refractivity contribution < 1.29 is 9.53 Å². The first kappa shape index (κ1) is 20.1. The molecule has 0 radical (unpaired) electrons. The number of nitrogens with zero attached hydrogens (tertiary/aromatic N) is 3. The van der Waals surface area contributed by atoms with Gasteiger partial charge in [0.1, 0.15) is 17.0 Å². The van der Waals surface area contributed by atoms with Gasteiger partial charge in [-0.1, -0.05) is 24.3 Å². The first-order valence-corrected chi connectivity index (χ1v) is 10.3. The Morgan fingerprint density at radius 2 is 1.83 bits per heavy atom. The largest absolute Gasteiger partial charge is 0.483 e. The smallest absolute Gasteiger partial charge is 0.269 e. The summed E-state index contributed by atoms with van der Waals surface area (Å²) in [5.41, 5.74) is 7.05. The fourth-order valence-electron chi connectivity index (χ4n) is 3.84. The predicted molar refractivity (Wildman–Crippen MR) is 116 cm³/mol. The van der Waals surface area contributed by atoms with E-state index in [4.69, 9.17) is 10.5 Å². The number of fused-ring (bicyclic) bond motifs is 1. The van der Waals surface area contributed by atoms with Crippen LogP contribution in [-0.2, 0) is 4.79 Å². The highest BCUT2D eigenvalue weighted by molar-refractivity contribution is 5.85. The molecule has 2 aromatic carbocycles. The molecular formula is C23H26N4O3. The van der Waals surface area contributed by atoms with Crippen LogP contribution >= 0.6 is 0 Å². The second kappa shape index (κ2) is 8.67. The summed E-state index contributed by atoms with van der Waals surface area (Å²) in [7, 11) is 0. The van der Waals surface area contributed by atoms with E-state index in [2.05, 4.69) is 4.98 Å². The van der Waals surface area contributed by atoms with E-state index in [1.54, 1.807) is 25.1 Å². The Balaban J connectivity index is 1.75. The molecule has 1 fully saturated rings. The number of carbonyl (C=O) groups is 1. The van der Waals surface area contributed by atoms with Crippen molar-refractivity contribution in [1.82, 2.24) is 14.5 Å². The molecule has 0 spiro atoms. The number of nitrogens with two attached hydrogens (primary N) is 1. The third-order valence-corrected chi connectivity index (χ3v) is 5.37. The maximum atomic E-state index is 13.5. The molecule has 7 heteroatoms. The second-order valence-corrected chi connectivity index (χ2v) is 7.62. The van der Waals surface area contributed by atoms with Crippen LogP contribution in [0.1, 0.15) is 38.1 Å². The average Bonchev–Trinajstić information content (AvgIpc) is 2.78. The van der Waals surface area contributed by atoms with E-state index < -0.39 is 6.04 Å². The summed E-state index contributed by atoms with van der Waals surface area (Å²) in [6.45, 7) is 3.22. The van der Waals surface area contributed by atoms with Gasteiger partial charge in [-0.3, -0.25) is 14.2 Å². The number of amides is 1. The van der Waals surface area contributed by atoms with Crippen LogP contribution in [0.4, 0.5) is 0 Å². The first-order valence-electron chi connectivity index (χ1n) is 10.3. The van der Waals surface area contributed by atoms with Gasteiger partial charge in [-0.25, -0.2) is 4.98 Å². The third kappa shape index (κ3) is 3.93. The molecule has 1 atom stereocenters. The van der Waals surface area contributed by atoms with Crippen LogP contribution in [0.5, 0.6) is 5.75 Å². The molecule has 1 amide bonds. The summed E-state index contributed by atoms with van der Waals surface area (Å²) >= 11 is 0. The number of rotatable bonds is 5. The lowest BCUT2D eigenvalue weighted by Crippen LogP contribution is -2.38. The van der Waals surface area contributed by atoms with Crippen molar-refractivity contribution in [2.45, 2.75) is 32.2 Å². The lowest BCUT2D eigenvalue weighted by Gasteiger charge is -2.26. The van der Waals surface area contributed by atoms with Gasteiger partial charge in [0.15, 0.2) is 6.61 Å². The van der Waals surface area contributed by atoms with Crippen LogP contribution in [0.25, 0.3) is 16.6 Å². The Kier molecular flexibility index (Phi) is 5.81. The van der Waals surface area contributed by atoms with Gasteiger partial charge in [0.05, 0.1) is 17.2 Å². The van der Waals surface area contributed by atoms with E-state index in [1.807, 2.05) is 35.2 Å². The Bertz CT molecular complexity index is 1100. The Morgan fingerprint density at radius 1 is 1.10 bits per heavy atom. The number of para-hydroxylation sites is 1. The zero-order valence-electron chi connectivity index (χ0n) is 17.1. The highest BCUT2D eigenvalue weighted by Gasteiger charge is 2.20. The van der Waals surface area contributed by atoms with Gasteiger partial charge >= 0.3 is 0 Å². The number of hydrogen-bond acceptors (Lipinski definition) is 5. The minimum absolute atomic E-state index is 0.0600. The molecule has 1 unspecified atom stereocenters. The molecule has 1 aliphatic rings. The molecule has 0 aliphatic carbocycles. The minimum atomic E-state index is -0.437. The molecule has 4 rings (SSSR count). The lowest BCUT2D eigenvalue weighted by atomic mass is 10.1. The zero-order valence-corrected chi connectivity index (χ0v) is 17.1. The standard InChI is InChI=1S/C23H26N4O3/c1-16(24)22-25-18-11-8-12-19(30-15-20(28)26-13-6-3-7-14-26)21(18)23(29)27(22)17-9-4-2-5-10-17/h2,4-5,8-12,16H,3,6-7,13-15,24H2,1H3. The van der Waals surface area contributed by atoms with Crippen molar-refractivity contribution >= 4 is 16.8 Å². The van der Waals surface area contributed by atoms with Crippen molar-refractivity contribution in [2.24, 2.45) is 5.73 Å². The van der Waals surface area contributed by atoms with Crippen molar-refractivity contribution in [3.05, 3.63) is 64.7 Å². The molecule has 0 bridgehead atoms. The maximum Gasteiger partial charge on any atom is 0.269 e. The van der Waals surface area contributed by atoms with Gasteiger partial charge in [-0.15, -0.1) is 0 Å². The van der Waals surface area contributed by atoms with Crippen LogP contribution in [0.15, 0.2) is 53.3 Å². The van der Waals surface area contributed by atoms with Crippen LogP contribution in [-0.4, -0.2) is 40.1 Å². The van der Waals surface area contributed by atoms with E-state index >= 15 is 0 Å². The van der Waals surface area contributed by atoms with Gasteiger partial charge in [0.2, 0.25) is 0 Å². The predicted octanol–water partition coefficient (Wildman–Crippen LogP) is 2.80. The molecule has 2 heterocycles. The second-order valence-electron chi connectivity index (χ2n) is 7.62. The number of aromatic nitrogens is 2. The van der Waals surface area contributed by atoms with Gasteiger partial charge in [-0.05, 0) is 50.5 Å². The van der Waals surface area contributed by atoms with Gasteiger partial charge in [-0.2, -0.15) is 0 Å². The highest BCUT2D eigenvalue weighted by Crippen LogP contribution is 2.24. The van der Waals surface area contributed by atoms with Crippen LogP contribution in [0.2, 0.25) is 0 Å². The minimum Gasteiger partial charge on any atom is -0.483 e. The molecule has 1 aliphatic heterocycles. The lowest BCUT2D eigenvalue weighted by molar-refractivity contribution is -0.134. The van der Waals surface area contributed by atoms with Crippen molar-refractivity contribution in [3.8, 4) is 11.4 Å². The number of benzene rings is 2. The normalized spacial score (nSPS) is 15.2. The monoisotopic (exact) mass is 406 g/mol. The fraction of sp³-hybridized carbons (Fsp3) is 0.348. The number of piperidine rings is 1. The molecule has 2 N–H and O–H groups in total. The molecule has 3 aromatic rings. The summed E-state index contributed by atoms with van der Waals surface area (Å²) < 4.78 is 7.35. The number of ether oxygens (including phenoxy) is 1. The Hall–Kier alpha value is -3.19. The van der Waals surface area contributed by atoms with E-state index in [1.165, 1.54) is 4.57 Å². The van der Waals surface area contributed by atoms with Crippen molar-refractivity contribution in [1.29, 1.82) is 0 Å². The molecule has 30 heavy (non-hydrogen) atoms. The number of carbonyl (C=O) groups excluding carboxylic acids is 1. The van der Waals surface area contributed by atoms with Gasteiger partial charge in [0, 0.05) is 13.1 Å². The van der Waals surface area contributed by atoms with Crippen LogP contribution in [0, 0.1) is 0 Å². The summed E-state index contributed by atoms with van der Waals surface area (Å²) in [4.78, 5) is 32.5. The topological polar surface area (TPSA) is 90.5 Å². The first-order chi connectivity index (χ1) is 14.6. The summed E-state index contributed by atoms with van der Waals surface area (Å²) in [5, 5.41) is 0.345. The highest BCUT2D eigenvalue weighted by atomic mass is 16.5. The molecule has 0 saturated carbocycles. The number of hydrogen-bond donors (Lipinski definition) is 1. The molecule has 156 valence electrons. The van der Waals surface area contributed by atoms with Crippen LogP contribution in [0.3, 0.4) is 0 Å². The van der Waals surface area contributed by atoms with Gasteiger partial charge < -0.3 is 15.4 Å². The van der Waals surface area contributed by atoms with Crippen molar-refractivity contribution in [3.63, 3.8) is 0 Å². The Morgan fingerprint density at radius 3 is 2.53 bits per heavy atom. The van der Waals surface area contributed by atoms with Gasteiger partial charge in [0.25, 0.3) is 11.5 Å². The molecule has 1 aromatic heterocycles. The maximum absolute atomic E-state index is 13.5. The summed E-state index contributed by atoms with van der Waals surface area (Å²) in [6, 6.07) is 14.1. The van der Waals surface area contributed by atoms with E-state index in [0.29, 0.717) is 28.2 Å². The average molecular weight is 406 g/mol. The van der Waals surface area contributed by atoms with Crippen molar-refractivity contribution in [2.75, 3.05) is 19.7 Å². The quantitative estimate of drug-likeness (QED) is 0.704. The number of likely N-dealkylation sites (tertiary alicyclic amines) is 1. The van der Waals surface area contributed by atoms with E-state index in [-0.39, 0.29) is 18.1 Å². The zero-order chi connectivity index (χ0) is 21.1. The van der Waals surface area contributed by atoms with Crippen LogP contribution < -0.4 is 16.0 Å². The molecule has 7 nitrogen and oxygen atoms in total. The summed E-state index contributed by atoms with van der Waals surface area (Å²) in [6.07, 6.45) is 3.19. The Labute approximate surface area is 175 Å². The van der Waals surface area contributed by atoms with E-state index in [0.717, 1.165) is 32.4 Å². The molecular weight excluding hydrogens is 380 g/mol.